The molecule has 0 spiro atoms. The molecule has 2 rings (SSSR count). The molecule has 31 heavy (non-hydrogen) atoms. The number of carbonyl (C=O) groups is 3. The van der Waals surface area contributed by atoms with Gasteiger partial charge in [0.2, 0.25) is 5.91 Å². The number of halogens is 6. The maximum atomic E-state index is 12.8. The van der Waals surface area contributed by atoms with Crippen LogP contribution in [-0.4, -0.2) is 30.0 Å². The molecule has 2 amide bonds. The molecule has 0 unspecified atom stereocenters. The largest absolute Gasteiger partial charge is 0.510 e. The summed E-state index contributed by atoms with van der Waals surface area (Å²) in [5.41, 5.74) is -2.09. The highest BCUT2D eigenvalue weighted by Crippen LogP contribution is 2.29. The predicted octanol–water partition coefficient (Wildman–Crippen LogP) is 2.56. The summed E-state index contributed by atoms with van der Waals surface area (Å²) in [6.45, 7) is -1.48. The minimum Gasteiger partial charge on any atom is -0.510 e. The molecule has 0 radical (unpaired) electrons. The maximum Gasteiger partial charge on any atom is 0.431 e. The van der Waals surface area contributed by atoms with Crippen molar-refractivity contribution in [1.29, 1.82) is 0 Å². The van der Waals surface area contributed by atoms with E-state index in [0.717, 1.165) is 24.3 Å². The van der Waals surface area contributed by atoms with Gasteiger partial charge in [-0.1, -0.05) is 48.5 Å². The molecule has 6 nitrogen and oxygen atoms in total. The van der Waals surface area contributed by atoms with Crippen molar-refractivity contribution in [1.82, 2.24) is 5.32 Å². The third-order valence-electron chi connectivity index (χ3n) is 3.86. The smallest absolute Gasteiger partial charge is 0.431 e. The molecule has 0 saturated carbocycles. The quantitative estimate of drug-likeness (QED) is 0.418. The SMILES string of the molecule is O=C(O)CC(=O)NC(=O)OB(c1ccc(C(F)(F)F)cc1)c1ccc(C(F)(F)F)cc1. The first-order valence-electron chi connectivity index (χ1n) is 8.34. The highest BCUT2D eigenvalue weighted by Gasteiger charge is 2.34. The molecule has 0 bridgehead atoms. The van der Waals surface area contributed by atoms with Crippen LogP contribution in [0.2, 0.25) is 0 Å². The van der Waals surface area contributed by atoms with Crippen molar-refractivity contribution < 1.29 is 50.5 Å². The Labute approximate surface area is 170 Å². The van der Waals surface area contributed by atoms with Crippen molar-refractivity contribution in [3.63, 3.8) is 0 Å². The second-order valence-electron chi connectivity index (χ2n) is 6.14. The van der Waals surface area contributed by atoms with Crippen molar-refractivity contribution in [2.45, 2.75) is 18.8 Å². The lowest BCUT2D eigenvalue weighted by atomic mass is 9.55. The molecule has 0 aliphatic rings. The van der Waals surface area contributed by atoms with E-state index in [-0.39, 0.29) is 10.9 Å². The van der Waals surface area contributed by atoms with Crippen LogP contribution in [0.25, 0.3) is 0 Å². The van der Waals surface area contributed by atoms with Gasteiger partial charge in [-0.05, 0) is 10.9 Å². The zero-order valence-corrected chi connectivity index (χ0v) is 15.3. The molecule has 2 N–H and O–H groups in total. The summed E-state index contributed by atoms with van der Waals surface area (Å²) in [5, 5.41) is 10.1. The third kappa shape index (κ3) is 6.76. The van der Waals surface area contributed by atoms with Crippen LogP contribution in [0.5, 0.6) is 0 Å². The number of benzene rings is 2. The lowest BCUT2D eigenvalue weighted by Gasteiger charge is -2.17. The zero-order valence-electron chi connectivity index (χ0n) is 15.3. The first-order valence-corrected chi connectivity index (χ1v) is 8.34. The van der Waals surface area contributed by atoms with E-state index >= 15 is 0 Å². The number of alkyl halides is 6. The Morgan fingerprint density at radius 2 is 1.19 bits per heavy atom. The Bertz CT molecular complexity index is 900. The molecule has 0 aliphatic carbocycles. The summed E-state index contributed by atoms with van der Waals surface area (Å²) in [6.07, 6.45) is -11.8. The fourth-order valence-corrected chi connectivity index (χ4v) is 2.45. The van der Waals surface area contributed by atoms with Gasteiger partial charge < -0.3 is 9.76 Å². The van der Waals surface area contributed by atoms with Crippen LogP contribution in [0.15, 0.2) is 48.5 Å². The van der Waals surface area contributed by atoms with Gasteiger partial charge in [-0.15, -0.1) is 0 Å². The number of nitrogens with one attached hydrogen (secondary N) is 1. The molecule has 0 heterocycles. The lowest BCUT2D eigenvalue weighted by molar-refractivity contribution is -0.141. The number of hydrogen-bond acceptors (Lipinski definition) is 4. The van der Waals surface area contributed by atoms with Gasteiger partial charge in [-0.2, -0.15) is 26.3 Å². The van der Waals surface area contributed by atoms with E-state index in [1.165, 1.54) is 0 Å². The fourth-order valence-electron chi connectivity index (χ4n) is 2.45. The minimum absolute atomic E-state index is 0.0337. The van der Waals surface area contributed by atoms with Crippen molar-refractivity contribution in [3.05, 3.63) is 59.7 Å². The van der Waals surface area contributed by atoms with E-state index in [0.29, 0.717) is 24.3 Å². The van der Waals surface area contributed by atoms with Crippen LogP contribution in [0.3, 0.4) is 0 Å². The molecular weight excluding hydrogens is 435 g/mol. The summed E-state index contributed by atoms with van der Waals surface area (Å²) in [5.74, 6) is -2.76. The third-order valence-corrected chi connectivity index (χ3v) is 3.86. The van der Waals surface area contributed by atoms with Crippen LogP contribution in [0, 0.1) is 0 Å². The van der Waals surface area contributed by atoms with Gasteiger partial charge >= 0.3 is 31.3 Å². The van der Waals surface area contributed by atoms with Gasteiger partial charge in [0.15, 0.2) is 0 Å². The molecule has 0 aliphatic heterocycles. The van der Waals surface area contributed by atoms with Gasteiger partial charge in [0.05, 0.1) is 11.1 Å². The molecular formula is C18H12BF6NO5. The average Bonchev–Trinajstić information content (AvgIpc) is 2.64. The van der Waals surface area contributed by atoms with E-state index in [1.807, 2.05) is 0 Å². The predicted molar refractivity (Wildman–Crippen MR) is 94.8 cm³/mol. The molecule has 2 aromatic rings. The van der Waals surface area contributed by atoms with E-state index in [1.54, 1.807) is 5.32 Å². The standard InChI is InChI=1S/C18H12BF6NO5/c20-17(21,22)10-1-5-12(6-2-10)19(31-16(30)26-14(27)9-15(28)29)13-7-3-11(4-8-13)18(23,24)25/h1-8H,9H2,(H,28,29)(H,26,27,30). The summed E-state index contributed by atoms with van der Waals surface area (Å²) >= 11 is 0. The first-order chi connectivity index (χ1) is 14.3. The topological polar surface area (TPSA) is 92.7 Å². The van der Waals surface area contributed by atoms with Gasteiger partial charge in [-0.3, -0.25) is 14.9 Å². The molecule has 0 aromatic heterocycles. The summed E-state index contributed by atoms with van der Waals surface area (Å²) in [4.78, 5) is 33.8. The minimum atomic E-state index is -4.65. The van der Waals surface area contributed by atoms with Crippen molar-refractivity contribution in [3.8, 4) is 0 Å². The van der Waals surface area contributed by atoms with E-state index in [2.05, 4.69) is 0 Å². The maximum absolute atomic E-state index is 12.8. The van der Waals surface area contributed by atoms with Crippen LogP contribution in [0.1, 0.15) is 17.5 Å². The highest BCUT2D eigenvalue weighted by atomic mass is 19.4. The average molecular weight is 447 g/mol. The number of imide groups is 1. The van der Waals surface area contributed by atoms with Gasteiger partial charge in [0, 0.05) is 0 Å². The van der Waals surface area contributed by atoms with E-state index in [9.17, 15) is 40.7 Å². The number of amides is 2. The Balaban J connectivity index is 2.34. The Hall–Kier alpha value is -3.51. The van der Waals surface area contributed by atoms with Gasteiger partial charge in [0.25, 0.3) is 0 Å². The lowest BCUT2D eigenvalue weighted by Crippen LogP contribution is -2.49. The van der Waals surface area contributed by atoms with Crippen LogP contribution < -0.4 is 16.2 Å². The van der Waals surface area contributed by atoms with Crippen LogP contribution in [0.4, 0.5) is 31.1 Å². The Morgan fingerprint density at radius 3 is 1.52 bits per heavy atom. The Kier molecular flexibility index (Phi) is 6.98. The van der Waals surface area contributed by atoms with E-state index < -0.39 is 54.8 Å². The molecule has 0 saturated heterocycles. The highest BCUT2D eigenvalue weighted by molar-refractivity contribution is 6.81. The van der Waals surface area contributed by atoms with Crippen molar-refractivity contribution >= 4 is 35.8 Å². The van der Waals surface area contributed by atoms with Gasteiger partial charge in [-0.25, -0.2) is 4.79 Å². The molecule has 13 heteroatoms. The second-order valence-corrected chi connectivity index (χ2v) is 6.14. The van der Waals surface area contributed by atoms with Crippen molar-refractivity contribution in [2.75, 3.05) is 0 Å². The normalized spacial score (nSPS) is 11.5. The number of hydrogen-bond donors (Lipinski definition) is 2. The van der Waals surface area contributed by atoms with Crippen molar-refractivity contribution in [2.24, 2.45) is 0 Å². The summed E-state index contributed by atoms with van der Waals surface area (Å²) in [7, 11) is 0. The molecule has 2 aromatic carbocycles. The summed E-state index contributed by atoms with van der Waals surface area (Å²) < 4.78 is 81.6. The van der Waals surface area contributed by atoms with Gasteiger partial charge in [0.1, 0.15) is 6.42 Å². The molecule has 164 valence electrons. The monoisotopic (exact) mass is 447 g/mol. The number of carboxylic acid groups (broad SMARTS) is 1. The first kappa shape index (κ1) is 23.8. The fraction of sp³-hybridized carbons (Fsp3) is 0.167. The molecule has 0 fully saturated rings. The van der Waals surface area contributed by atoms with Crippen LogP contribution >= 0.6 is 0 Å². The summed E-state index contributed by atoms with van der Waals surface area (Å²) in [6, 6.07) is 6.56. The Morgan fingerprint density at radius 1 is 0.806 bits per heavy atom. The number of rotatable bonds is 5. The zero-order chi connectivity index (χ0) is 23.4. The number of aliphatic carboxylic acids is 1. The van der Waals surface area contributed by atoms with E-state index in [4.69, 9.17) is 9.76 Å². The number of carboxylic acids is 1. The number of carbonyl (C=O) groups excluding carboxylic acids is 2. The second kappa shape index (κ2) is 9.10. The van der Waals surface area contributed by atoms with Crippen LogP contribution in [-0.2, 0) is 26.6 Å². The molecule has 0 atom stereocenters.